The molecule has 0 aromatic carbocycles. The van der Waals surface area contributed by atoms with Gasteiger partial charge >= 0.3 is 5.97 Å². The van der Waals surface area contributed by atoms with E-state index in [4.69, 9.17) is 5.11 Å². The van der Waals surface area contributed by atoms with E-state index in [9.17, 15) is 4.79 Å². The van der Waals surface area contributed by atoms with Gasteiger partial charge in [-0.05, 0) is 24.5 Å². The number of rotatable bonds is 4. The van der Waals surface area contributed by atoms with Gasteiger partial charge in [0.15, 0.2) is 10.8 Å². The van der Waals surface area contributed by atoms with Crippen molar-refractivity contribution in [1.82, 2.24) is 14.5 Å². The SMILES string of the molecule is CC(n1c(SCC(=O)O)nc2cccnc21)C(C)(C)C. The lowest BCUT2D eigenvalue weighted by molar-refractivity contribution is -0.133. The summed E-state index contributed by atoms with van der Waals surface area (Å²) in [7, 11) is 0. The summed E-state index contributed by atoms with van der Waals surface area (Å²) in [6, 6.07) is 3.91. The van der Waals surface area contributed by atoms with Crippen molar-refractivity contribution in [1.29, 1.82) is 0 Å². The Kier molecular flexibility index (Phi) is 4.04. The molecule has 0 radical (unpaired) electrons. The van der Waals surface area contributed by atoms with Gasteiger partial charge in [0.2, 0.25) is 0 Å². The van der Waals surface area contributed by atoms with Crippen LogP contribution in [0.5, 0.6) is 0 Å². The standard InChI is InChI=1S/C14H19N3O2S/c1-9(14(2,3)4)17-12-10(6-5-7-15-12)16-13(17)20-8-11(18)19/h5-7,9H,8H2,1-4H3,(H,18,19). The molecule has 0 aliphatic heterocycles. The molecule has 0 bridgehead atoms. The highest BCUT2D eigenvalue weighted by Crippen LogP contribution is 2.36. The monoisotopic (exact) mass is 293 g/mol. The number of pyridine rings is 1. The van der Waals surface area contributed by atoms with Gasteiger partial charge in [-0.3, -0.25) is 4.79 Å². The molecule has 0 fully saturated rings. The minimum atomic E-state index is -0.843. The van der Waals surface area contributed by atoms with E-state index in [-0.39, 0.29) is 17.2 Å². The first-order valence-electron chi connectivity index (χ1n) is 6.48. The van der Waals surface area contributed by atoms with Gasteiger partial charge in [-0.2, -0.15) is 0 Å². The Balaban J connectivity index is 2.52. The predicted molar refractivity (Wildman–Crippen MR) is 80.1 cm³/mol. The third-order valence-electron chi connectivity index (χ3n) is 3.38. The number of hydrogen-bond acceptors (Lipinski definition) is 4. The van der Waals surface area contributed by atoms with Gasteiger partial charge in [-0.1, -0.05) is 32.5 Å². The Morgan fingerprint density at radius 1 is 1.50 bits per heavy atom. The molecule has 0 saturated heterocycles. The number of imidazole rings is 1. The van der Waals surface area contributed by atoms with Crippen molar-refractivity contribution in [2.75, 3.05) is 5.75 Å². The van der Waals surface area contributed by atoms with Gasteiger partial charge in [-0.25, -0.2) is 9.97 Å². The molecular formula is C14H19N3O2S. The fourth-order valence-electron chi connectivity index (χ4n) is 1.87. The molecule has 108 valence electrons. The quantitative estimate of drug-likeness (QED) is 0.877. The van der Waals surface area contributed by atoms with E-state index in [1.165, 1.54) is 11.8 Å². The normalized spacial score (nSPS) is 13.6. The Bertz CT molecular complexity index is 631. The molecule has 6 heteroatoms. The lowest BCUT2D eigenvalue weighted by atomic mass is 9.88. The number of fused-ring (bicyclic) bond motifs is 1. The first-order valence-corrected chi connectivity index (χ1v) is 7.47. The van der Waals surface area contributed by atoms with E-state index in [1.54, 1.807) is 6.20 Å². The molecule has 0 saturated carbocycles. The van der Waals surface area contributed by atoms with Crippen molar-refractivity contribution in [3.63, 3.8) is 0 Å². The first-order chi connectivity index (χ1) is 9.30. The number of carbonyl (C=O) groups is 1. The smallest absolute Gasteiger partial charge is 0.313 e. The van der Waals surface area contributed by atoms with E-state index in [2.05, 4.69) is 37.7 Å². The molecule has 5 nitrogen and oxygen atoms in total. The molecular weight excluding hydrogens is 274 g/mol. The van der Waals surface area contributed by atoms with Crippen LogP contribution in [-0.4, -0.2) is 31.4 Å². The van der Waals surface area contributed by atoms with Crippen LogP contribution in [0.2, 0.25) is 0 Å². The van der Waals surface area contributed by atoms with Crippen LogP contribution in [0, 0.1) is 5.41 Å². The highest BCUT2D eigenvalue weighted by molar-refractivity contribution is 7.99. The number of thioether (sulfide) groups is 1. The second-order valence-corrected chi connectivity index (χ2v) is 6.78. The molecule has 0 aliphatic rings. The summed E-state index contributed by atoms with van der Waals surface area (Å²) in [6.45, 7) is 8.56. The minimum absolute atomic E-state index is 0.000183. The predicted octanol–water partition coefficient (Wildman–Crippen LogP) is 3.22. The largest absolute Gasteiger partial charge is 0.481 e. The maximum atomic E-state index is 10.8. The van der Waals surface area contributed by atoms with E-state index in [0.29, 0.717) is 5.16 Å². The summed E-state index contributed by atoms with van der Waals surface area (Å²) in [4.78, 5) is 19.7. The molecule has 1 unspecified atom stereocenters. The Labute approximate surface area is 122 Å². The van der Waals surface area contributed by atoms with Crippen molar-refractivity contribution in [2.45, 2.75) is 38.9 Å². The van der Waals surface area contributed by atoms with Crippen LogP contribution in [0.1, 0.15) is 33.7 Å². The van der Waals surface area contributed by atoms with Crippen molar-refractivity contribution in [3.8, 4) is 0 Å². The number of carboxylic acid groups (broad SMARTS) is 1. The second-order valence-electron chi connectivity index (χ2n) is 5.83. The van der Waals surface area contributed by atoms with Crippen molar-refractivity contribution >= 4 is 28.9 Å². The molecule has 0 aliphatic carbocycles. The lowest BCUT2D eigenvalue weighted by Crippen LogP contribution is -2.22. The van der Waals surface area contributed by atoms with Crippen LogP contribution in [-0.2, 0) is 4.79 Å². The van der Waals surface area contributed by atoms with Gasteiger partial charge in [0.05, 0.1) is 5.75 Å². The van der Waals surface area contributed by atoms with Crippen molar-refractivity contribution in [3.05, 3.63) is 18.3 Å². The zero-order valence-corrected chi connectivity index (χ0v) is 12.9. The van der Waals surface area contributed by atoms with Crippen molar-refractivity contribution in [2.24, 2.45) is 5.41 Å². The summed E-state index contributed by atoms with van der Waals surface area (Å²) in [5.41, 5.74) is 1.64. The average molecular weight is 293 g/mol. The van der Waals surface area contributed by atoms with Crippen LogP contribution in [0.4, 0.5) is 0 Å². The summed E-state index contributed by atoms with van der Waals surface area (Å²) >= 11 is 1.24. The molecule has 1 N–H and O–H groups in total. The molecule has 2 aromatic rings. The number of hydrogen-bond donors (Lipinski definition) is 1. The summed E-state index contributed by atoms with van der Waals surface area (Å²) in [6.07, 6.45) is 1.74. The molecule has 0 spiro atoms. The summed E-state index contributed by atoms with van der Waals surface area (Å²) in [5.74, 6) is -0.842. The maximum Gasteiger partial charge on any atom is 0.313 e. The average Bonchev–Trinajstić information content (AvgIpc) is 2.72. The maximum absolute atomic E-state index is 10.8. The molecule has 2 heterocycles. The van der Waals surface area contributed by atoms with Crippen LogP contribution in [0.25, 0.3) is 11.2 Å². The summed E-state index contributed by atoms with van der Waals surface area (Å²) < 4.78 is 2.04. The number of carboxylic acids is 1. The lowest BCUT2D eigenvalue weighted by Gasteiger charge is -2.29. The van der Waals surface area contributed by atoms with Crippen LogP contribution >= 0.6 is 11.8 Å². The van der Waals surface area contributed by atoms with E-state index < -0.39 is 5.97 Å². The van der Waals surface area contributed by atoms with Gasteiger partial charge in [-0.15, -0.1) is 0 Å². The minimum Gasteiger partial charge on any atom is -0.481 e. The molecule has 0 amide bonds. The highest BCUT2D eigenvalue weighted by atomic mass is 32.2. The van der Waals surface area contributed by atoms with E-state index >= 15 is 0 Å². The fourth-order valence-corrected chi connectivity index (χ4v) is 2.67. The third-order valence-corrected chi connectivity index (χ3v) is 4.32. The van der Waals surface area contributed by atoms with Gasteiger partial charge in [0.25, 0.3) is 0 Å². The van der Waals surface area contributed by atoms with Crippen LogP contribution in [0.3, 0.4) is 0 Å². The zero-order chi connectivity index (χ0) is 14.9. The molecule has 1 atom stereocenters. The van der Waals surface area contributed by atoms with Crippen LogP contribution < -0.4 is 0 Å². The van der Waals surface area contributed by atoms with Gasteiger partial charge in [0.1, 0.15) is 5.52 Å². The molecule has 2 aromatic heterocycles. The number of aromatic nitrogens is 3. The topological polar surface area (TPSA) is 68.0 Å². The Morgan fingerprint density at radius 3 is 2.80 bits per heavy atom. The van der Waals surface area contributed by atoms with Gasteiger partial charge in [0, 0.05) is 12.2 Å². The Morgan fingerprint density at radius 2 is 2.20 bits per heavy atom. The summed E-state index contributed by atoms with van der Waals surface area (Å²) in [5, 5.41) is 9.58. The fraction of sp³-hybridized carbons (Fsp3) is 0.500. The zero-order valence-electron chi connectivity index (χ0n) is 12.1. The van der Waals surface area contributed by atoms with Crippen molar-refractivity contribution < 1.29 is 9.90 Å². The third kappa shape index (κ3) is 2.95. The molecule has 2 rings (SSSR count). The number of aliphatic carboxylic acids is 1. The van der Waals surface area contributed by atoms with Gasteiger partial charge < -0.3 is 9.67 Å². The van der Waals surface area contributed by atoms with E-state index in [0.717, 1.165) is 11.2 Å². The highest BCUT2D eigenvalue weighted by Gasteiger charge is 2.26. The first kappa shape index (κ1) is 14.8. The molecule has 20 heavy (non-hydrogen) atoms. The second kappa shape index (κ2) is 5.44. The van der Waals surface area contributed by atoms with Crippen LogP contribution in [0.15, 0.2) is 23.5 Å². The Hall–Kier alpha value is -1.56. The van der Waals surface area contributed by atoms with E-state index in [1.807, 2.05) is 16.7 Å². The number of nitrogens with zero attached hydrogens (tertiary/aromatic N) is 3.